The van der Waals surface area contributed by atoms with Gasteiger partial charge in [0, 0.05) is 17.8 Å². The zero-order valence-corrected chi connectivity index (χ0v) is 17.5. The lowest BCUT2D eigenvalue weighted by Gasteiger charge is -2.22. The minimum atomic E-state index is -1.85. The standard InChI is InChI=1S/C8H2O2.C8H17.C3H9OSi.Al/c1-2-3-4-5-6-7-8-10-9;1-3-5-7-8-6-4-2;1-5(2,3)4;/h1,9H;1,3-8H2,2H3;1-3H3;/q;;-1;+2/p-1. The van der Waals surface area contributed by atoms with Crippen LogP contribution < -0.4 is 0 Å². The first-order chi connectivity index (χ1) is 11.5. The molecule has 0 fully saturated rings. The van der Waals surface area contributed by atoms with Gasteiger partial charge in [0.2, 0.25) is 0 Å². The Kier molecular flexibility index (Phi) is 14.4. The molecule has 0 heterocycles. The minimum absolute atomic E-state index is 0.942. The van der Waals surface area contributed by atoms with Crippen molar-refractivity contribution in [3.63, 3.8) is 0 Å². The molecule has 0 atom stereocenters. The van der Waals surface area contributed by atoms with Gasteiger partial charge in [-0.15, -0.1) is 6.42 Å². The third kappa shape index (κ3) is 17.1. The molecule has 0 saturated carbocycles. The van der Waals surface area contributed by atoms with E-state index in [4.69, 9.17) is 18.7 Å². The van der Waals surface area contributed by atoms with Gasteiger partial charge in [0.15, 0.2) is 14.4 Å². The SMILES string of the molecule is C#CC#CC#CC#CO[O][Al]([CH2]CCCCCCC)[O][Si](C)(C)C. The van der Waals surface area contributed by atoms with Gasteiger partial charge in [0.25, 0.3) is 0 Å². The summed E-state index contributed by atoms with van der Waals surface area (Å²) < 4.78 is 11.5. The molecule has 0 radical (unpaired) electrons. The third-order valence-corrected chi connectivity index (χ3v) is 7.92. The highest BCUT2D eigenvalue weighted by Gasteiger charge is 2.32. The van der Waals surface area contributed by atoms with Gasteiger partial charge in [-0.05, 0) is 42.7 Å². The van der Waals surface area contributed by atoms with Crippen molar-refractivity contribution in [2.75, 3.05) is 0 Å². The fourth-order valence-electron chi connectivity index (χ4n) is 1.87. The Morgan fingerprint density at radius 1 is 0.875 bits per heavy atom. The molecular formula is C19H27AlO3Si. The van der Waals surface area contributed by atoms with Crippen LogP contribution in [0.5, 0.6) is 0 Å². The van der Waals surface area contributed by atoms with Crippen molar-refractivity contribution < 1.29 is 12.3 Å². The van der Waals surface area contributed by atoms with Crippen LogP contribution in [0.4, 0.5) is 0 Å². The van der Waals surface area contributed by atoms with Gasteiger partial charge in [-0.1, -0.05) is 45.4 Å². The molecule has 0 rings (SSSR count). The Labute approximate surface area is 154 Å². The number of terminal acetylenes is 1. The molecule has 0 aromatic rings. The fourth-order valence-corrected chi connectivity index (χ4v) is 6.52. The quantitative estimate of drug-likeness (QED) is 0.182. The van der Waals surface area contributed by atoms with Crippen molar-refractivity contribution in [3.05, 3.63) is 0 Å². The molecule has 0 aromatic heterocycles. The van der Waals surface area contributed by atoms with Crippen molar-refractivity contribution in [2.24, 2.45) is 0 Å². The van der Waals surface area contributed by atoms with Gasteiger partial charge in [0.1, 0.15) is 0 Å². The maximum absolute atomic E-state index is 6.11. The van der Waals surface area contributed by atoms with Crippen LogP contribution in [0, 0.1) is 48.1 Å². The summed E-state index contributed by atoms with van der Waals surface area (Å²) in [6.07, 6.45) is 14.9. The van der Waals surface area contributed by atoms with Crippen LogP contribution in [0.2, 0.25) is 24.9 Å². The number of unbranched alkanes of at least 4 members (excludes halogenated alkanes) is 5. The third-order valence-electron chi connectivity index (χ3n) is 2.85. The Hall–Kier alpha value is -1.29. The van der Waals surface area contributed by atoms with E-state index < -0.39 is 23.1 Å². The van der Waals surface area contributed by atoms with Gasteiger partial charge in [0.05, 0.1) is 0 Å². The molecule has 0 aliphatic carbocycles. The Morgan fingerprint density at radius 3 is 2.17 bits per heavy atom. The van der Waals surface area contributed by atoms with E-state index in [1.54, 1.807) is 0 Å². The molecule has 0 N–H and O–H groups in total. The van der Waals surface area contributed by atoms with Crippen molar-refractivity contribution >= 4 is 23.1 Å². The highest BCUT2D eigenvalue weighted by atomic mass is 28.4. The van der Waals surface area contributed by atoms with Crippen molar-refractivity contribution in [3.8, 4) is 48.1 Å². The molecule has 0 aromatic carbocycles. The molecule has 5 heteroatoms. The van der Waals surface area contributed by atoms with Crippen molar-refractivity contribution in [2.45, 2.75) is 70.4 Å². The maximum atomic E-state index is 6.11. The molecule has 0 amide bonds. The molecule has 0 unspecified atom stereocenters. The van der Waals surface area contributed by atoms with Crippen molar-refractivity contribution in [1.82, 2.24) is 0 Å². The minimum Gasteiger partial charge on any atom is -0.521 e. The van der Waals surface area contributed by atoms with E-state index in [1.807, 2.05) is 0 Å². The van der Waals surface area contributed by atoms with Gasteiger partial charge < -0.3 is 8.37 Å². The molecule has 0 aliphatic heterocycles. The predicted octanol–water partition coefficient (Wildman–Crippen LogP) is 4.24. The molecule has 128 valence electrons. The number of rotatable bonds is 11. The highest BCUT2D eigenvalue weighted by molar-refractivity contribution is 6.75. The molecule has 0 saturated heterocycles. The fraction of sp³-hybridized carbons (Fsp3) is 0.579. The highest BCUT2D eigenvalue weighted by Crippen LogP contribution is 2.14. The summed E-state index contributed by atoms with van der Waals surface area (Å²) in [6, 6.07) is 0. The Morgan fingerprint density at radius 2 is 1.50 bits per heavy atom. The molecule has 3 nitrogen and oxygen atoms in total. The average Bonchev–Trinajstić information content (AvgIpc) is 2.51. The first-order valence-corrected chi connectivity index (χ1v) is 13.6. The first kappa shape index (κ1) is 22.7. The zero-order valence-electron chi connectivity index (χ0n) is 15.3. The smallest absolute Gasteiger partial charge is 0.521 e. The lowest BCUT2D eigenvalue weighted by atomic mass is 10.1. The number of hydrogen-bond acceptors (Lipinski definition) is 3. The van der Waals surface area contributed by atoms with Crippen LogP contribution in [-0.4, -0.2) is 23.1 Å². The summed E-state index contributed by atoms with van der Waals surface area (Å²) >= 11 is -1.85. The summed E-state index contributed by atoms with van der Waals surface area (Å²) in [5, 5.41) is 0.942. The second-order valence-electron chi connectivity index (χ2n) is 6.27. The Balaban J connectivity index is 4.19. The summed E-state index contributed by atoms with van der Waals surface area (Å²) in [6.45, 7) is 8.68. The molecule has 24 heavy (non-hydrogen) atoms. The van der Waals surface area contributed by atoms with Crippen molar-refractivity contribution in [1.29, 1.82) is 0 Å². The van der Waals surface area contributed by atoms with E-state index in [-0.39, 0.29) is 0 Å². The zero-order chi connectivity index (χ0) is 18.1. The average molecular weight is 358 g/mol. The monoisotopic (exact) mass is 358 g/mol. The normalized spacial score (nSPS) is 9.29. The number of hydrogen-bond donors (Lipinski definition) is 0. The van der Waals surface area contributed by atoms with E-state index in [2.05, 4.69) is 68.2 Å². The summed E-state index contributed by atoms with van der Waals surface area (Å²) in [5.41, 5.74) is 0. The van der Waals surface area contributed by atoms with Gasteiger partial charge in [-0.25, -0.2) is 0 Å². The van der Waals surface area contributed by atoms with E-state index in [0.29, 0.717) is 0 Å². The summed E-state index contributed by atoms with van der Waals surface area (Å²) in [7, 11) is -1.65. The van der Waals surface area contributed by atoms with Crippen LogP contribution in [-0.2, 0) is 12.3 Å². The largest absolute Gasteiger partial charge is 0.712 e. The second kappa shape index (κ2) is 15.2. The summed E-state index contributed by atoms with van der Waals surface area (Å²) in [4.78, 5) is 4.95. The van der Waals surface area contributed by atoms with Crippen LogP contribution in [0.25, 0.3) is 0 Å². The van der Waals surface area contributed by atoms with Crippen LogP contribution in [0.1, 0.15) is 45.4 Å². The van der Waals surface area contributed by atoms with Gasteiger partial charge in [-0.3, -0.25) is 3.94 Å². The van der Waals surface area contributed by atoms with Gasteiger partial charge in [-0.2, -0.15) is 0 Å². The molecule has 0 aliphatic rings. The topological polar surface area (TPSA) is 27.7 Å². The van der Waals surface area contributed by atoms with Crippen LogP contribution >= 0.6 is 0 Å². The predicted molar refractivity (Wildman–Crippen MR) is 103 cm³/mol. The van der Waals surface area contributed by atoms with Crippen LogP contribution in [0.15, 0.2) is 0 Å². The molecule has 0 spiro atoms. The summed E-state index contributed by atoms with van der Waals surface area (Å²) in [5.74, 6) is 14.5. The van der Waals surface area contributed by atoms with Crippen LogP contribution in [0.3, 0.4) is 0 Å². The first-order valence-electron chi connectivity index (χ1n) is 8.45. The second-order valence-corrected chi connectivity index (χ2v) is 13.1. The molecular weight excluding hydrogens is 331 g/mol. The van der Waals surface area contributed by atoms with E-state index in [9.17, 15) is 0 Å². The lowest BCUT2D eigenvalue weighted by Crippen LogP contribution is -2.36. The Bertz CT molecular complexity index is 556. The van der Waals surface area contributed by atoms with E-state index in [1.165, 1.54) is 32.1 Å². The van der Waals surface area contributed by atoms with Gasteiger partial charge >= 0.3 is 14.8 Å². The van der Waals surface area contributed by atoms with E-state index in [0.717, 1.165) is 11.7 Å². The maximum Gasteiger partial charge on any atom is 0.712 e. The lowest BCUT2D eigenvalue weighted by molar-refractivity contribution is -0.152. The van der Waals surface area contributed by atoms with E-state index >= 15 is 0 Å². The molecule has 0 bridgehead atoms.